The van der Waals surface area contributed by atoms with E-state index in [1.54, 1.807) is 11.8 Å². The number of morpholine rings is 1. The van der Waals surface area contributed by atoms with Gasteiger partial charge in [0.2, 0.25) is 0 Å². The molecule has 2 rings (SSSR count). The predicted molar refractivity (Wildman–Crippen MR) is 72.1 cm³/mol. The zero-order valence-electron chi connectivity index (χ0n) is 11.0. The standard InChI is InChI=1S/C14H17ClFNO2/c1-9-5-11(16)3-4-13(9)14(18)17-7-10(2)19-12(6-15)8-17/h3-5,10,12H,6-8H2,1-2H3. The molecule has 1 aliphatic heterocycles. The topological polar surface area (TPSA) is 29.5 Å². The second-order valence-corrected chi connectivity index (χ2v) is 5.20. The van der Waals surface area contributed by atoms with Crippen molar-refractivity contribution in [1.29, 1.82) is 0 Å². The Morgan fingerprint density at radius 3 is 2.89 bits per heavy atom. The van der Waals surface area contributed by atoms with Crippen molar-refractivity contribution in [2.45, 2.75) is 26.1 Å². The molecular weight excluding hydrogens is 269 g/mol. The number of aryl methyl sites for hydroxylation is 1. The first-order valence-electron chi connectivity index (χ1n) is 6.28. The summed E-state index contributed by atoms with van der Waals surface area (Å²) in [5, 5.41) is 0. The highest BCUT2D eigenvalue weighted by molar-refractivity contribution is 6.18. The number of nitrogens with zero attached hydrogens (tertiary/aromatic N) is 1. The van der Waals surface area contributed by atoms with Crippen molar-refractivity contribution >= 4 is 17.5 Å². The molecule has 104 valence electrons. The number of ether oxygens (including phenoxy) is 1. The molecule has 1 heterocycles. The Balaban J connectivity index is 2.18. The molecule has 1 aliphatic rings. The largest absolute Gasteiger partial charge is 0.370 e. The number of hydrogen-bond acceptors (Lipinski definition) is 2. The van der Waals surface area contributed by atoms with Crippen molar-refractivity contribution < 1.29 is 13.9 Å². The van der Waals surface area contributed by atoms with E-state index in [0.29, 0.717) is 30.1 Å². The summed E-state index contributed by atoms with van der Waals surface area (Å²) < 4.78 is 18.7. The molecule has 3 nitrogen and oxygen atoms in total. The van der Waals surface area contributed by atoms with E-state index in [0.717, 1.165) is 0 Å². The fourth-order valence-electron chi connectivity index (χ4n) is 2.33. The van der Waals surface area contributed by atoms with Crippen LogP contribution in [0.1, 0.15) is 22.8 Å². The molecule has 1 aromatic rings. The Hall–Kier alpha value is -1.13. The minimum absolute atomic E-state index is 0.0396. The van der Waals surface area contributed by atoms with Crippen molar-refractivity contribution in [2.24, 2.45) is 0 Å². The molecular formula is C14H17ClFNO2. The second kappa shape index (κ2) is 5.88. The summed E-state index contributed by atoms with van der Waals surface area (Å²) in [5.41, 5.74) is 1.18. The minimum Gasteiger partial charge on any atom is -0.370 e. The van der Waals surface area contributed by atoms with Crippen molar-refractivity contribution in [1.82, 2.24) is 4.90 Å². The van der Waals surface area contributed by atoms with Gasteiger partial charge in [0.1, 0.15) is 5.82 Å². The number of alkyl halides is 1. The smallest absolute Gasteiger partial charge is 0.254 e. The van der Waals surface area contributed by atoms with Gasteiger partial charge in [-0.05, 0) is 37.6 Å². The monoisotopic (exact) mass is 285 g/mol. The Morgan fingerprint density at radius 2 is 2.26 bits per heavy atom. The maximum Gasteiger partial charge on any atom is 0.254 e. The molecule has 2 atom stereocenters. The van der Waals surface area contributed by atoms with Gasteiger partial charge in [0.05, 0.1) is 18.1 Å². The number of rotatable bonds is 2. The number of carbonyl (C=O) groups excluding carboxylic acids is 1. The molecule has 1 saturated heterocycles. The molecule has 0 aromatic heterocycles. The fourth-order valence-corrected chi connectivity index (χ4v) is 2.50. The first-order valence-corrected chi connectivity index (χ1v) is 6.81. The quantitative estimate of drug-likeness (QED) is 0.782. The first kappa shape index (κ1) is 14.3. The predicted octanol–water partition coefficient (Wildman–Crippen LogP) is 2.60. The molecule has 1 amide bonds. The van der Waals surface area contributed by atoms with Crippen LogP contribution in [-0.2, 0) is 4.74 Å². The van der Waals surface area contributed by atoms with Crippen LogP contribution in [-0.4, -0.2) is 42.0 Å². The molecule has 2 unspecified atom stereocenters. The van der Waals surface area contributed by atoms with E-state index >= 15 is 0 Å². The molecule has 0 saturated carbocycles. The fraction of sp³-hybridized carbons (Fsp3) is 0.500. The summed E-state index contributed by atoms with van der Waals surface area (Å²) in [5.74, 6) is -0.0675. The summed E-state index contributed by atoms with van der Waals surface area (Å²) in [6.45, 7) is 4.66. The first-order chi connectivity index (χ1) is 9.01. The molecule has 0 N–H and O–H groups in total. The Labute approximate surface area is 117 Å². The van der Waals surface area contributed by atoms with Crippen molar-refractivity contribution in [2.75, 3.05) is 19.0 Å². The van der Waals surface area contributed by atoms with E-state index in [1.807, 2.05) is 6.92 Å². The van der Waals surface area contributed by atoms with E-state index in [4.69, 9.17) is 16.3 Å². The zero-order valence-corrected chi connectivity index (χ0v) is 11.8. The van der Waals surface area contributed by atoms with Gasteiger partial charge in [-0.3, -0.25) is 4.79 Å². The highest BCUT2D eigenvalue weighted by Crippen LogP contribution is 2.18. The Kier molecular flexibility index (Phi) is 4.42. The summed E-state index contributed by atoms with van der Waals surface area (Å²) in [4.78, 5) is 14.2. The van der Waals surface area contributed by atoms with Crippen molar-refractivity contribution in [3.63, 3.8) is 0 Å². The summed E-state index contributed by atoms with van der Waals surface area (Å²) in [6.07, 6.45) is -0.183. The molecule has 19 heavy (non-hydrogen) atoms. The van der Waals surface area contributed by atoms with E-state index in [-0.39, 0.29) is 23.9 Å². The number of halogens is 2. The molecule has 0 bridgehead atoms. The average Bonchev–Trinajstić information content (AvgIpc) is 2.37. The average molecular weight is 286 g/mol. The SMILES string of the molecule is Cc1cc(F)ccc1C(=O)N1CC(C)OC(CCl)C1. The van der Waals surface area contributed by atoms with E-state index < -0.39 is 0 Å². The normalized spacial score (nSPS) is 23.5. The third-order valence-corrected chi connectivity index (χ3v) is 3.55. The van der Waals surface area contributed by atoms with Crippen LogP contribution in [0.4, 0.5) is 4.39 Å². The van der Waals surface area contributed by atoms with Crippen LogP contribution in [0.15, 0.2) is 18.2 Å². The van der Waals surface area contributed by atoms with E-state index in [9.17, 15) is 9.18 Å². The molecule has 5 heteroatoms. The molecule has 1 aromatic carbocycles. The number of amides is 1. The highest BCUT2D eigenvalue weighted by Gasteiger charge is 2.29. The molecule has 0 radical (unpaired) electrons. The van der Waals surface area contributed by atoms with Crippen LogP contribution in [0.25, 0.3) is 0 Å². The lowest BCUT2D eigenvalue weighted by Gasteiger charge is -2.36. The van der Waals surface area contributed by atoms with Crippen LogP contribution >= 0.6 is 11.6 Å². The maximum absolute atomic E-state index is 13.1. The number of hydrogen-bond donors (Lipinski definition) is 0. The molecule has 0 spiro atoms. The maximum atomic E-state index is 13.1. The van der Waals surface area contributed by atoms with Crippen LogP contribution in [0.5, 0.6) is 0 Å². The van der Waals surface area contributed by atoms with Gasteiger partial charge in [-0.2, -0.15) is 0 Å². The van der Waals surface area contributed by atoms with Gasteiger partial charge in [-0.25, -0.2) is 4.39 Å². The zero-order chi connectivity index (χ0) is 14.0. The van der Waals surface area contributed by atoms with Gasteiger partial charge in [-0.15, -0.1) is 11.6 Å². The minimum atomic E-state index is -0.331. The van der Waals surface area contributed by atoms with Crippen molar-refractivity contribution in [3.8, 4) is 0 Å². The molecule has 0 aliphatic carbocycles. The van der Waals surface area contributed by atoms with Crippen molar-refractivity contribution in [3.05, 3.63) is 35.1 Å². The van der Waals surface area contributed by atoms with Gasteiger partial charge >= 0.3 is 0 Å². The van der Waals surface area contributed by atoms with Gasteiger partial charge in [0.25, 0.3) is 5.91 Å². The van der Waals surface area contributed by atoms with E-state index in [2.05, 4.69) is 0 Å². The third-order valence-electron chi connectivity index (χ3n) is 3.20. The van der Waals surface area contributed by atoms with Crippen LogP contribution in [0.3, 0.4) is 0 Å². The lowest BCUT2D eigenvalue weighted by atomic mass is 10.1. The Bertz CT molecular complexity index is 481. The van der Waals surface area contributed by atoms with Crippen LogP contribution < -0.4 is 0 Å². The van der Waals surface area contributed by atoms with Gasteiger partial charge < -0.3 is 9.64 Å². The summed E-state index contributed by atoms with van der Waals surface area (Å²) in [6, 6.07) is 4.21. The number of carbonyl (C=O) groups is 1. The van der Waals surface area contributed by atoms with E-state index in [1.165, 1.54) is 18.2 Å². The summed E-state index contributed by atoms with van der Waals surface area (Å²) >= 11 is 5.80. The van der Waals surface area contributed by atoms with Gasteiger partial charge in [0, 0.05) is 18.7 Å². The van der Waals surface area contributed by atoms with Crippen LogP contribution in [0, 0.1) is 12.7 Å². The molecule has 1 fully saturated rings. The van der Waals surface area contributed by atoms with Gasteiger partial charge in [0.15, 0.2) is 0 Å². The summed E-state index contributed by atoms with van der Waals surface area (Å²) in [7, 11) is 0. The van der Waals surface area contributed by atoms with Gasteiger partial charge in [-0.1, -0.05) is 0 Å². The third kappa shape index (κ3) is 3.25. The highest BCUT2D eigenvalue weighted by atomic mass is 35.5. The number of benzene rings is 1. The lowest BCUT2D eigenvalue weighted by Crippen LogP contribution is -2.49. The van der Waals surface area contributed by atoms with Crippen LogP contribution in [0.2, 0.25) is 0 Å². The lowest BCUT2D eigenvalue weighted by molar-refractivity contribution is -0.0570. The Morgan fingerprint density at radius 1 is 1.53 bits per heavy atom. The second-order valence-electron chi connectivity index (χ2n) is 4.89.